The minimum atomic E-state index is -1.61. The summed E-state index contributed by atoms with van der Waals surface area (Å²) in [6.45, 7) is 0. The van der Waals surface area contributed by atoms with Crippen LogP contribution in [-0.2, 0) is 0 Å². The highest BCUT2D eigenvalue weighted by molar-refractivity contribution is 9.10. The highest BCUT2D eigenvalue weighted by atomic mass is 79.9. The van der Waals surface area contributed by atoms with Gasteiger partial charge < -0.3 is 10.0 Å². The average Bonchev–Trinajstić information content (AvgIpc) is 2.04. The molecule has 2 N–H and O–H groups in total. The molecule has 0 aromatic heterocycles. The molecule has 0 aliphatic heterocycles. The SMILES string of the molecule is O=Cc1ccc(Br)cc1B(O)O. The van der Waals surface area contributed by atoms with E-state index in [9.17, 15) is 4.79 Å². The summed E-state index contributed by atoms with van der Waals surface area (Å²) in [5, 5.41) is 17.7. The van der Waals surface area contributed by atoms with Gasteiger partial charge in [-0.15, -0.1) is 0 Å². The lowest BCUT2D eigenvalue weighted by Gasteiger charge is -2.02. The normalized spacial score (nSPS) is 9.58. The molecule has 0 heterocycles. The predicted molar refractivity (Wildman–Crippen MR) is 49.4 cm³/mol. The van der Waals surface area contributed by atoms with Gasteiger partial charge in [-0.05, 0) is 17.6 Å². The Morgan fingerprint density at radius 3 is 2.58 bits per heavy atom. The Morgan fingerprint density at radius 1 is 1.42 bits per heavy atom. The van der Waals surface area contributed by atoms with Gasteiger partial charge in [-0.2, -0.15) is 0 Å². The molecule has 1 aromatic carbocycles. The monoisotopic (exact) mass is 228 g/mol. The van der Waals surface area contributed by atoms with Crippen LogP contribution >= 0.6 is 15.9 Å². The van der Waals surface area contributed by atoms with Crippen LogP contribution in [0.2, 0.25) is 0 Å². The molecule has 0 saturated heterocycles. The zero-order valence-corrected chi connectivity index (χ0v) is 7.65. The summed E-state index contributed by atoms with van der Waals surface area (Å²) in [6.07, 6.45) is 0.585. The van der Waals surface area contributed by atoms with E-state index >= 15 is 0 Å². The van der Waals surface area contributed by atoms with E-state index in [4.69, 9.17) is 10.0 Å². The lowest BCUT2D eigenvalue weighted by molar-refractivity contribution is 0.112. The first kappa shape index (κ1) is 9.44. The summed E-state index contributed by atoms with van der Waals surface area (Å²) in [7, 11) is -1.61. The lowest BCUT2D eigenvalue weighted by atomic mass is 9.77. The van der Waals surface area contributed by atoms with E-state index in [1.54, 1.807) is 6.07 Å². The van der Waals surface area contributed by atoms with Crippen LogP contribution in [0.3, 0.4) is 0 Å². The van der Waals surface area contributed by atoms with Gasteiger partial charge in [-0.1, -0.05) is 22.0 Å². The van der Waals surface area contributed by atoms with Crippen molar-refractivity contribution in [2.24, 2.45) is 0 Å². The Bertz CT molecular complexity index is 301. The third kappa shape index (κ3) is 1.94. The van der Waals surface area contributed by atoms with Crippen LogP contribution in [0.15, 0.2) is 22.7 Å². The fraction of sp³-hybridized carbons (Fsp3) is 0. The molecule has 0 fully saturated rings. The van der Waals surface area contributed by atoms with Gasteiger partial charge in [0, 0.05) is 10.0 Å². The first-order valence-corrected chi connectivity index (χ1v) is 4.05. The summed E-state index contributed by atoms with van der Waals surface area (Å²) in [6, 6.07) is 4.68. The maximum absolute atomic E-state index is 10.4. The highest BCUT2D eigenvalue weighted by Crippen LogP contribution is 2.07. The Hall–Kier alpha value is -0.645. The summed E-state index contributed by atoms with van der Waals surface area (Å²) in [5.41, 5.74) is 0.493. The summed E-state index contributed by atoms with van der Waals surface area (Å²) < 4.78 is 0.705. The van der Waals surface area contributed by atoms with E-state index in [1.165, 1.54) is 12.1 Å². The van der Waals surface area contributed by atoms with Crippen LogP contribution in [0.25, 0.3) is 0 Å². The van der Waals surface area contributed by atoms with E-state index in [0.717, 1.165) is 0 Å². The molecule has 62 valence electrons. The highest BCUT2D eigenvalue weighted by Gasteiger charge is 2.15. The van der Waals surface area contributed by atoms with Crippen LogP contribution < -0.4 is 5.46 Å². The summed E-state index contributed by atoms with van der Waals surface area (Å²) in [4.78, 5) is 10.4. The number of halogens is 1. The standard InChI is InChI=1S/C7H6BBrO3/c9-6-2-1-5(4-10)7(3-6)8(11)12/h1-4,11-12H. The molecule has 3 nitrogen and oxygen atoms in total. The predicted octanol–water partition coefficient (Wildman–Crippen LogP) is -0.0586. The Labute approximate surface area is 78.3 Å². The summed E-state index contributed by atoms with van der Waals surface area (Å²) in [5.74, 6) is 0. The van der Waals surface area contributed by atoms with Gasteiger partial charge in [0.15, 0.2) is 0 Å². The van der Waals surface area contributed by atoms with E-state index < -0.39 is 7.12 Å². The second kappa shape index (κ2) is 3.84. The molecule has 12 heavy (non-hydrogen) atoms. The van der Waals surface area contributed by atoms with E-state index in [-0.39, 0.29) is 11.0 Å². The van der Waals surface area contributed by atoms with Crippen LogP contribution in [0.4, 0.5) is 0 Å². The molecule has 0 bridgehead atoms. The van der Waals surface area contributed by atoms with Crippen molar-refractivity contribution in [3.05, 3.63) is 28.2 Å². The molecule has 0 spiro atoms. The van der Waals surface area contributed by atoms with Crippen LogP contribution in [0.1, 0.15) is 10.4 Å². The van der Waals surface area contributed by atoms with Crippen LogP contribution in [0.5, 0.6) is 0 Å². The summed E-state index contributed by atoms with van der Waals surface area (Å²) >= 11 is 3.16. The van der Waals surface area contributed by atoms with Crippen molar-refractivity contribution in [3.63, 3.8) is 0 Å². The van der Waals surface area contributed by atoms with E-state index in [1.807, 2.05) is 0 Å². The fourth-order valence-electron chi connectivity index (χ4n) is 0.877. The third-order valence-corrected chi connectivity index (χ3v) is 1.95. The molecular weight excluding hydrogens is 223 g/mol. The molecule has 0 amide bonds. The molecular formula is C7H6BBrO3. The minimum Gasteiger partial charge on any atom is -0.423 e. The largest absolute Gasteiger partial charge is 0.489 e. The molecule has 0 unspecified atom stereocenters. The topological polar surface area (TPSA) is 57.5 Å². The van der Waals surface area contributed by atoms with Gasteiger partial charge in [-0.3, -0.25) is 4.79 Å². The number of hydrogen-bond donors (Lipinski definition) is 2. The van der Waals surface area contributed by atoms with Gasteiger partial charge in [-0.25, -0.2) is 0 Å². The smallest absolute Gasteiger partial charge is 0.423 e. The maximum atomic E-state index is 10.4. The zero-order valence-electron chi connectivity index (χ0n) is 6.07. The van der Waals surface area contributed by atoms with Gasteiger partial charge in [0.2, 0.25) is 0 Å². The van der Waals surface area contributed by atoms with Gasteiger partial charge >= 0.3 is 7.12 Å². The first-order valence-electron chi connectivity index (χ1n) is 3.26. The van der Waals surface area contributed by atoms with E-state index in [2.05, 4.69) is 15.9 Å². The van der Waals surface area contributed by atoms with Crippen LogP contribution in [-0.4, -0.2) is 23.5 Å². The molecule has 1 rings (SSSR count). The second-order valence-corrected chi connectivity index (χ2v) is 3.18. The number of hydrogen-bond acceptors (Lipinski definition) is 3. The van der Waals surface area contributed by atoms with Crippen molar-refractivity contribution in [2.45, 2.75) is 0 Å². The van der Waals surface area contributed by atoms with Crippen molar-refractivity contribution in [2.75, 3.05) is 0 Å². The number of carbonyl (C=O) groups is 1. The van der Waals surface area contributed by atoms with Crippen molar-refractivity contribution in [1.29, 1.82) is 0 Å². The Balaban J connectivity index is 3.21. The molecule has 1 aromatic rings. The maximum Gasteiger partial charge on any atom is 0.489 e. The van der Waals surface area contributed by atoms with E-state index in [0.29, 0.717) is 10.8 Å². The van der Waals surface area contributed by atoms with Crippen molar-refractivity contribution < 1.29 is 14.8 Å². The van der Waals surface area contributed by atoms with Crippen molar-refractivity contribution in [3.8, 4) is 0 Å². The lowest BCUT2D eigenvalue weighted by Crippen LogP contribution is -2.32. The molecule has 0 saturated carbocycles. The first-order chi connectivity index (χ1) is 5.65. The fourth-order valence-corrected chi connectivity index (χ4v) is 1.26. The zero-order chi connectivity index (χ0) is 9.14. The quantitative estimate of drug-likeness (QED) is 0.551. The molecule has 0 radical (unpaired) electrons. The number of aldehydes is 1. The molecule has 5 heteroatoms. The Kier molecular flexibility index (Phi) is 3.02. The van der Waals surface area contributed by atoms with Crippen molar-refractivity contribution in [1.82, 2.24) is 0 Å². The van der Waals surface area contributed by atoms with Gasteiger partial charge in [0.05, 0.1) is 0 Å². The number of benzene rings is 1. The average molecular weight is 229 g/mol. The number of carbonyl (C=O) groups excluding carboxylic acids is 1. The Morgan fingerprint density at radius 2 is 2.08 bits per heavy atom. The van der Waals surface area contributed by atoms with Gasteiger partial charge in [0.25, 0.3) is 0 Å². The molecule has 0 aliphatic rings. The second-order valence-electron chi connectivity index (χ2n) is 2.26. The van der Waals surface area contributed by atoms with Crippen LogP contribution in [0, 0.1) is 0 Å². The molecule has 0 atom stereocenters. The third-order valence-electron chi connectivity index (χ3n) is 1.45. The number of rotatable bonds is 2. The molecule has 0 aliphatic carbocycles. The van der Waals surface area contributed by atoms with Crippen molar-refractivity contribution >= 4 is 34.8 Å². The van der Waals surface area contributed by atoms with Gasteiger partial charge in [0.1, 0.15) is 6.29 Å². The minimum absolute atomic E-state index is 0.208.